The number of para-hydroxylation sites is 1. The number of hydrogen-bond acceptors (Lipinski definition) is 7. The second kappa shape index (κ2) is 8.98. The van der Waals surface area contributed by atoms with Crippen LogP contribution in [0.1, 0.15) is 36.8 Å². The van der Waals surface area contributed by atoms with Crippen molar-refractivity contribution in [3.8, 4) is 11.8 Å². The predicted octanol–water partition coefficient (Wildman–Crippen LogP) is 3.80. The quantitative estimate of drug-likeness (QED) is 0.613. The van der Waals surface area contributed by atoms with Crippen molar-refractivity contribution in [2.24, 2.45) is 5.92 Å². The Hall–Kier alpha value is -3.06. The molecule has 2 saturated heterocycles. The number of anilines is 2. The number of fused-ring (bicyclic) bond motifs is 2. The summed E-state index contributed by atoms with van der Waals surface area (Å²) in [6.45, 7) is 0.747. The predicted molar refractivity (Wildman–Crippen MR) is 108 cm³/mol. The molecule has 2 atom stereocenters. The highest BCUT2D eigenvalue weighted by atomic mass is 19.4. The van der Waals surface area contributed by atoms with Gasteiger partial charge in [0.1, 0.15) is 23.2 Å². The highest BCUT2D eigenvalue weighted by Gasteiger charge is 2.33. The highest BCUT2D eigenvalue weighted by Crippen LogP contribution is 2.31. The molecule has 2 aliphatic heterocycles. The lowest BCUT2D eigenvalue weighted by Gasteiger charge is -2.29. The number of rotatable bonds is 7. The van der Waals surface area contributed by atoms with Gasteiger partial charge in [0.05, 0.1) is 6.20 Å². The summed E-state index contributed by atoms with van der Waals surface area (Å²) in [5.41, 5.74) is 0.635. The third kappa shape index (κ3) is 5.55. The zero-order valence-corrected chi connectivity index (χ0v) is 16.7. The monoisotopic (exact) mass is 432 g/mol. The van der Waals surface area contributed by atoms with Gasteiger partial charge in [-0.15, -0.1) is 13.2 Å². The molecule has 1 aromatic carbocycles. The minimum absolute atomic E-state index is 0.0370. The van der Waals surface area contributed by atoms with E-state index in [2.05, 4.69) is 36.7 Å². The molecule has 0 saturated carbocycles. The molecule has 2 aromatic rings. The summed E-state index contributed by atoms with van der Waals surface area (Å²) < 4.78 is 41.9. The molecule has 31 heavy (non-hydrogen) atoms. The van der Waals surface area contributed by atoms with E-state index >= 15 is 0 Å². The number of nitriles is 1. The lowest BCUT2D eigenvalue weighted by molar-refractivity contribution is -0.274. The van der Waals surface area contributed by atoms with Crippen LogP contribution in [0.5, 0.6) is 5.75 Å². The molecule has 0 amide bonds. The van der Waals surface area contributed by atoms with Crippen LogP contribution in [0, 0.1) is 17.2 Å². The van der Waals surface area contributed by atoms with E-state index in [9.17, 15) is 18.4 Å². The standard InChI is InChI=1S/C21H23F3N6O/c22-21(23,24)31-18-4-2-1-3-14(18)11-27-20-28-12-15(9-25)19(30-20)26-10-13-7-16-5-6-17(8-13)29-16/h1-4,12-13,16-17,29H,5-8,10-11H2,(H2,26,27,28,30). The summed E-state index contributed by atoms with van der Waals surface area (Å²) in [6, 6.07) is 9.10. The molecule has 4 rings (SSSR count). The Bertz CT molecular complexity index is 949. The number of piperidine rings is 1. The van der Waals surface area contributed by atoms with Crippen LogP contribution in [0.2, 0.25) is 0 Å². The molecule has 2 unspecified atom stereocenters. The van der Waals surface area contributed by atoms with E-state index in [4.69, 9.17) is 0 Å². The number of alkyl halides is 3. The maximum absolute atomic E-state index is 12.6. The van der Waals surface area contributed by atoms with Gasteiger partial charge in [-0.25, -0.2) is 4.98 Å². The van der Waals surface area contributed by atoms with Crippen molar-refractivity contribution in [3.05, 3.63) is 41.6 Å². The van der Waals surface area contributed by atoms with Gasteiger partial charge in [-0.05, 0) is 37.7 Å². The number of benzene rings is 1. The number of halogens is 3. The van der Waals surface area contributed by atoms with Gasteiger partial charge in [-0.1, -0.05) is 18.2 Å². The highest BCUT2D eigenvalue weighted by molar-refractivity contribution is 5.53. The Labute approximate surface area is 178 Å². The van der Waals surface area contributed by atoms with E-state index in [0.717, 1.165) is 12.8 Å². The summed E-state index contributed by atoms with van der Waals surface area (Å²) in [5, 5.41) is 19.2. The van der Waals surface area contributed by atoms with Crippen LogP contribution >= 0.6 is 0 Å². The molecule has 2 aliphatic rings. The summed E-state index contributed by atoms with van der Waals surface area (Å²) in [6.07, 6.45) is 1.25. The number of hydrogen-bond donors (Lipinski definition) is 3. The zero-order chi connectivity index (χ0) is 21.8. The van der Waals surface area contributed by atoms with Crippen LogP contribution in [-0.2, 0) is 6.54 Å². The molecule has 0 radical (unpaired) electrons. The zero-order valence-electron chi connectivity index (χ0n) is 16.7. The molecular formula is C21H23F3N6O. The Morgan fingerprint density at radius 1 is 1.16 bits per heavy atom. The smallest absolute Gasteiger partial charge is 0.405 e. The molecule has 3 heterocycles. The second-order valence-corrected chi connectivity index (χ2v) is 7.93. The molecule has 10 heteroatoms. The summed E-state index contributed by atoms with van der Waals surface area (Å²) in [4.78, 5) is 8.47. The molecule has 7 nitrogen and oxygen atoms in total. The first kappa shape index (κ1) is 21.2. The van der Waals surface area contributed by atoms with Gasteiger partial charge >= 0.3 is 6.36 Å². The topological polar surface area (TPSA) is 94.9 Å². The van der Waals surface area contributed by atoms with Crippen LogP contribution in [0.15, 0.2) is 30.5 Å². The minimum Gasteiger partial charge on any atom is -0.405 e. The average Bonchev–Trinajstić information content (AvgIpc) is 3.08. The van der Waals surface area contributed by atoms with Crippen LogP contribution < -0.4 is 20.7 Å². The maximum Gasteiger partial charge on any atom is 0.573 e. The van der Waals surface area contributed by atoms with E-state index in [1.54, 1.807) is 6.07 Å². The summed E-state index contributed by atoms with van der Waals surface area (Å²) in [7, 11) is 0. The SMILES string of the molecule is N#Cc1cnc(NCc2ccccc2OC(F)(F)F)nc1NCC1CC2CCC(C1)N2. The molecule has 0 spiro atoms. The second-order valence-electron chi connectivity index (χ2n) is 7.93. The normalized spacial score (nSPS) is 22.6. The van der Waals surface area contributed by atoms with Gasteiger partial charge < -0.3 is 20.7 Å². The van der Waals surface area contributed by atoms with Crippen molar-refractivity contribution in [3.63, 3.8) is 0 Å². The third-order valence-electron chi connectivity index (χ3n) is 5.67. The van der Waals surface area contributed by atoms with E-state index in [1.165, 1.54) is 37.2 Å². The fourth-order valence-electron chi connectivity index (χ4n) is 4.31. The molecule has 0 aliphatic carbocycles. The minimum atomic E-state index is -4.77. The number of aromatic nitrogens is 2. The van der Waals surface area contributed by atoms with Crippen LogP contribution in [0.3, 0.4) is 0 Å². The van der Waals surface area contributed by atoms with Crippen molar-refractivity contribution in [1.82, 2.24) is 15.3 Å². The molecule has 2 bridgehead atoms. The molecule has 1 aromatic heterocycles. The van der Waals surface area contributed by atoms with E-state index in [1.807, 2.05) is 0 Å². The molecular weight excluding hydrogens is 409 g/mol. The fraction of sp³-hybridized carbons (Fsp3) is 0.476. The summed E-state index contributed by atoms with van der Waals surface area (Å²) in [5.74, 6) is 0.859. The van der Waals surface area contributed by atoms with E-state index in [-0.39, 0.29) is 18.2 Å². The first-order chi connectivity index (χ1) is 14.9. The van der Waals surface area contributed by atoms with Crippen molar-refractivity contribution in [2.45, 2.75) is 50.7 Å². The van der Waals surface area contributed by atoms with Gasteiger partial charge in [-0.3, -0.25) is 0 Å². The van der Waals surface area contributed by atoms with Crippen LogP contribution in [0.4, 0.5) is 24.9 Å². The number of nitrogens with zero attached hydrogens (tertiary/aromatic N) is 3. The Morgan fingerprint density at radius 3 is 2.61 bits per heavy atom. The van der Waals surface area contributed by atoms with Crippen molar-refractivity contribution in [2.75, 3.05) is 17.2 Å². The van der Waals surface area contributed by atoms with Crippen LogP contribution in [0.25, 0.3) is 0 Å². The number of ether oxygens (including phenoxy) is 1. The fourth-order valence-corrected chi connectivity index (χ4v) is 4.31. The van der Waals surface area contributed by atoms with E-state index in [0.29, 0.717) is 41.5 Å². The van der Waals surface area contributed by atoms with Crippen molar-refractivity contribution < 1.29 is 17.9 Å². The Balaban J connectivity index is 1.40. The van der Waals surface area contributed by atoms with Crippen molar-refractivity contribution in [1.29, 1.82) is 5.26 Å². The van der Waals surface area contributed by atoms with Gasteiger partial charge in [-0.2, -0.15) is 10.2 Å². The molecule has 2 fully saturated rings. The lowest BCUT2D eigenvalue weighted by Crippen LogP contribution is -2.40. The Kier molecular flexibility index (Phi) is 6.13. The van der Waals surface area contributed by atoms with Crippen LogP contribution in [-0.4, -0.2) is 35.0 Å². The average molecular weight is 432 g/mol. The van der Waals surface area contributed by atoms with Gasteiger partial charge in [0.2, 0.25) is 5.95 Å². The molecule has 164 valence electrons. The van der Waals surface area contributed by atoms with Crippen molar-refractivity contribution >= 4 is 11.8 Å². The first-order valence-electron chi connectivity index (χ1n) is 10.2. The summed E-state index contributed by atoms with van der Waals surface area (Å²) >= 11 is 0. The third-order valence-corrected chi connectivity index (χ3v) is 5.67. The molecule has 3 N–H and O–H groups in total. The largest absolute Gasteiger partial charge is 0.573 e. The van der Waals surface area contributed by atoms with Gasteiger partial charge in [0.15, 0.2) is 0 Å². The Morgan fingerprint density at radius 2 is 1.90 bits per heavy atom. The van der Waals surface area contributed by atoms with Gasteiger partial charge in [0.25, 0.3) is 0 Å². The first-order valence-corrected chi connectivity index (χ1v) is 10.2. The maximum atomic E-state index is 12.6. The number of nitrogens with one attached hydrogen (secondary N) is 3. The lowest BCUT2D eigenvalue weighted by atomic mass is 9.92. The van der Waals surface area contributed by atoms with E-state index < -0.39 is 6.36 Å². The van der Waals surface area contributed by atoms with Gasteiger partial charge in [0, 0.05) is 30.7 Å².